The van der Waals surface area contributed by atoms with E-state index in [0.29, 0.717) is 18.4 Å². The summed E-state index contributed by atoms with van der Waals surface area (Å²) in [6.07, 6.45) is 3.93. The van der Waals surface area contributed by atoms with Crippen LogP contribution in [-0.2, 0) is 0 Å². The quantitative estimate of drug-likeness (QED) is 0.696. The molecule has 0 bridgehead atoms. The third kappa shape index (κ3) is 5.40. The molecule has 1 heterocycles. The van der Waals surface area contributed by atoms with Gasteiger partial charge in [-0.25, -0.2) is 0 Å². The number of hydrogen-bond donors (Lipinski definition) is 2. The summed E-state index contributed by atoms with van der Waals surface area (Å²) in [5, 5.41) is 13.6. The molecular formula is C17H27BrCl2N2O2. The van der Waals surface area contributed by atoms with Crippen LogP contribution >= 0.6 is 40.7 Å². The molecule has 4 nitrogen and oxygen atoms in total. The highest BCUT2D eigenvalue weighted by molar-refractivity contribution is 9.10. The molecule has 24 heavy (non-hydrogen) atoms. The Labute approximate surface area is 165 Å². The van der Waals surface area contributed by atoms with E-state index in [1.807, 2.05) is 13.0 Å². The van der Waals surface area contributed by atoms with Crippen LogP contribution in [0.1, 0.15) is 37.8 Å². The molecule has 0 aromatic heterocycles. The van der Waals surface area contributed by atoms with Crippen molar-refractivity contribution < 1.29 is 9.84 Å². The first-order chi connectivity index (χ1) is 10.7. The molecule has 3 rings (SSSR count). The Bertz CT molecular complexity index is 524. The molecule has 1 atom stereocenters. The summed E-state index contributed by atoms with van der Waals surface area (Å²) >= 11 is 3.48. The van der Waals surface area contributed by atoms with Gasteiger partial charge in [-0.3, -0.25) is 4.90 Å². The fraction of sp³-hybridized carbons (Fsp3) is 0.647. The number of phenols is 1. The van der Waals surface area contributed by atoms with E-state index < -0.39 is 0 Å². The number of ether oxygens (including phenoxy) is 1. The van der Waals surface area contributed by atoms with Crippen LogP contribution in [0.25, 0.3) is 0 Å². The average molecular weight is 442 g/mol. The first kappa shape index (κ1) is 21.8. The molecule has 0 amide bonds. The van der Waals surface area contributed by atoms with E-state index in [9.17, 15) is 5.11 Å². The molecule has 2 fully saturated rings. The molecule has 0 radical (unpaired) electrons. The van der Waals surface area contributed by atoms with Gasteiger partial charge in [0.15, 0.2) is 11.5 Å². The zero-order valence-electron chi connectivity index (χ0n) is 14.0. The van der Waals surface area contributed by atoms with Gasteiger partial charge in [-0.05, 0) is 52.9 Å². The van der Waals surface area contributed by atoms with E-state index in [1.54, 1.807) is 0 Å². The van der Waals surface area contributed by atoms with E-state index in [4.69, 9.17) is 4.74 Å². The number of hydrogen-bond acceptors (Lipinski definition) is 4. The predicted molar refractivity (Wildman–Crippen MR) is 106 cm³/mol. The zero-order chi connectivity index (χ0) is 15.5. The molecule has 7 heteroatoms. The number of rotatable bonds is 6. The molecule has 1 aromatic carbocycles. The highest BCUT2D eigenvalue weighted by Crippen LogP contribution is 2.43. The van der Waals surface area contributed by atoms with Crippen molar-refractivity contribution in [2.75, 3.05) is 32.8 Å². The van der Waals surface area contributed by atoms with E-state index in [1.165, 1.54) is 24.8 Å². The molecule has 1 saturated carbocycles. The third-order valence-electron chi connectivity index (χ3n) is 4.58. The Hall–Kier alpha value is -0.200. The Morgan fingerprint density at radius 2 is 1.96 bits per heavy atom. The first-order valence-corrected chi connectivity index (χ1v) is 9.08. The van der Waals surface area contributed by atoms with Crippen LogP contribution in [0.3, 0.4) is 0 Å². The zero-order valence-corrected chi connectivity index (χ0v) is 17.2. The van der Waals surface area contributed by atoms with Gasteiger partial charge in [0.1, 0.15) is 0 Å². The lowest BCUT2D eigenvalue weighted by Gasteiger charge is -2.35. The van der Waals surface area contributed by atoms with Crippen molar-refractivity contribution in [3.8, 4) is 11.5 Å². The molecule has 0 unspecified atom stereocenters. The molecule has 1 aliphatic carbocycles. The lowest BCUT2D eigenvalue weighted by Crippen LogP contribution is -2.45. The minimum Gasteiger partial charge on any atom is -0.503 e. The van der Waals surface area contributed by atoms with E-state index in [2.05, 4.69) is 32.2 Å². The van der Waals surface area contributed by atoms with Crippen LogP contribution in [0.2, 0.25) is 0 Å². The summed E-state index contributed by atoms with van der Waals surface area (Å²) in [6.45, 7) is 6.78. The monoisotopic (exact) mass is 440 g/mol. The van der Waals surface area contributed by atoms with Gasteiger partial charge in [-0.2, -0.15) is 0 Å². The van der Waals surface area contributed by atoms with Crippen molar-refractivity contribution in [1.29, 1.82) is 0 Å². The van der Waals surface area contributed by atoms with Crippen LogP contribution in [0.5, 0.6) is 11.5 Å². The van der Waals surface area contributed by atoms with Crippen LogP contribution in [0.4, 0.5) is 0 Å². The van der Waals surface area contributed by atoms with Gasteiger partial charge in [0, 0.05) is 32.2 Å². The molecule has 2 aliphatic rings. The van der Waals surface area contributed by atoms with Gasteiger partial charge >= 0.3 is 0 Å². The first-order valence-electron chi connectivity index (χ1n) is 8.29. The smallest absolute Gasteiger partial charge is 0.172 e. The van der Waals surface area contributed by atoms with Crippen LogP contribution in [-0.4, -0.2) is 42.8 Å². The van der Waals surface area contributed by atoms with E-state index in [0.717, 1.165) is 36.6 Å². The van der Waals surface area contributed by atoms with Gasteiger partial charge < -0.3 is 15.2 Å². The normalized spacial score (nSPS) is 19.1. The van der Waals surface area contributed by atoms with E-state index in [-0.39, 0.29) is 30.6 Å². The Morgan fingerprint density at radius 3 is 2.54 bits per heavy atom. The Morgan fingerprint density at radius 1 is 1.29 bits per heavy atom. The number of piperazine rings is 1. The van der Waals surface area contributed by atoms with Gasteiger partial charge in [-0.1, -0.05) is 12.8 Å². The second-order valence-corrected chi connectivity index (χ2v) is 7.12. The molecule has 1 saturated heterocycles. The second kappa shape index (κ2) is 10.1. The molecule has 1 aromatic rings. The summed E-state index contributed by atoms with van der Waals surface area (Å²) in [5.41, 5.74) is 1.25. The lowest BCUT2D eigenvalue weighted by atomic mass is 9.98. The maximum atomic E-state index is 10.1. The Kier molecular flexibility index (Phi) is 9.17. The van der Waals surface area contributed by atoms with Crippen LogP contribution in [0, 0.1) is 5.92 Å². The highest BCUT2D eigenvalue weighted by Gasteiger charge is 2.31. The molecule has 2 N–H and O–H groups in total. The second-order valence-electron chi connectivity index (χ2n) is 6.26. The largest absolute Gasteiger partial charge is 0.503 e. The highest BCUT2D eigenvalue weighted by atomic mass is 79.9. The summed E-state index contributed by atoms with van der Waals surface area (Å²) in [4.78, 5) is 2.57. The average Bonchev–Trinajstić information content (AvgIpc) is 3.34. The van der Waals surface area contributed by atoms with Gasteiger partial charge in [0.2, 0.25) is 0 Å². The molecule has 138 valence electrons. The predicted octanol–water partition coefficient (Wildman–Crippen LogP) is 4.14. The number of nitrogens with zero attached hydrogens (tertiary/aromatic N) is 1. The summed E-state index contributed by atoms with van der Waals surface area (Å²) in [7, 11) is 0. The van der Waals surface area contributed by atoms with Crippen molar-refractivity contribution in [1.82, 2.24) is 10.2 Å². The van der Waals surface area contributed by atoms with Crippen molar-refractivity contribution >= 4 is 40.7 Å². The summed E-state index contributed by atoms with van der Waals surface area (Å²) in [5.74, 6) is 1.65. The fourth-order valence-corrected chi connectivity index (χ4v) is 3.67. The van der Waals surface area contributed by atoms with E-state index >= 15 is 0 Å². The topological polar surface area (TPSA) is 44.7 Å². The van der Waals surface area contributed by atoms with Crippen molar-refractivity contribution in [2.24, 2.45) is 5.92 Å². The molecular weight excluding hydrogens is 415 g/mol. The van der Waals surface area contributed by atoms with Crippen molar-refractivity contribution in [3.63, 3.8) is 0 Å². The maximum absolute atomic E-state index is 10.1. The number of nitrogens with one attached hydrogen (secondary N) is 1. The van der Waals surface area contributed by atoms with Gasteiger partial charge in [0.25, 0.3) is 0 Å². The van der Waals surface area contributed by atoms with Gasteiger partial charge in [0.05, 0.1) is 11.1 Å². The van der Waals surface area contributed by atoms with Crippen LogP contribution in [0.15, 0.2) is 16.6 Å². The fourth-order valence-electron chi connectivity index (χ4n) is 3.21. The van der Waals surface area contributed by atoms with Crippen molar-refractivity contribution in [3.05, 3.63) is 22.2 Å². The number of phenolic OH excluding ortho intramolecular Hbond substituents is 1. The SMILES string of the molecule is CCOc1cc([C@H](CC2CC2)N2CCNCC2)cc(Br)c1O.Cl.Cl. The van der Waals surface area contributed by atoms with Crippen molar-refractivity contribution in [2.45, 2.75) is 32.2 Å². The maximum Gasteiger partial charge on any atom is 0.172 e. The Balaban J connectivity index is 0.00000144. The number of benzene rings is 1. The van der Waals surface area contributed by atoms with Crippen LogP contribution < -0.4 is 10.1 Å². The minimum absolute atomic E-state index is 0. The molecule has 0 spiro atoms. The number of halogens is 3. The standard InChI is InChI=1S/C17H25BrN2O2.2ClH/c1-2-22-16-11-13(10-14(18)17(16)21)15(9-12-3-4-12)20-7-5-19-6-8-20;;/h10-12,15,19,21H,2-9H2,1H3;2*1H/t15-;;/m0../s1. The minimum atomic E-state index is 0. The third-order valence-corrected chi connectivity index (χ3v) is 5.19. The summed E-state index contributed by atoms with van der Waals surface area (Å²) < 4.78 is 6.33. The number of aromatic hydroxyl groups is 1. The van der Waals surface area contributed by atoms with Gasteiger partial charge in [-0.15, -0.1) is 24.8 Å². The lowest BCUT2D eigenvalue weighted by molar-refractivity contribution is 0.160. The molecule has 1 aliphatic heterocycles. The summed E-state index contributed by atoms with van der Waals surface area (Å²) in [6, 6.07) is 4.51.